The summed E-state index contributed by atoms with van der Waals surface area (Å²) in [5, 5.41) is 143. The van der Waals surface area contributed by atoms with E-state index in [1.165, 1.54) is 0 Å². The van der Waals surface area contributed by atoms with Crippen molar-refractivity contribution in [2.24, 2.45) is 5.73 Å². The maximum Gasteiger partial charge on any atom is 0.364 e. The number of aliphatic hydroxyl groups is 12. The predicted molar refractivity (Wildman–Crippen MR) is 201 cm³/mol. The smallest absolute Gasteiger partial charge is 0.364 e. The normalized spacial score (nSPS) is 42.0. The molecule has 0 saturated carbocycles. The molecule has 0 bridgehead atoms. The molecular weight excluding hydrogens is 858 g/mol. The molecule has 4 aliphatic heterocycles. The Morgan fingerprint density at radius 1 is 0.714 bits per heavy atom. The van der Waals surface area contributed by atoms with Gasteiger partial charge in [0, 0.05) is 26.9 Å². The molecule has 0 aromatic heterocycles. The van der Waals surface area contributed by atoms with Gasteiger partial charge in [0.2, 0.25) is 11.8 Å². The van der Waals surface area contributed by atoms with Gasteiger partial charge in [-0.2, -0.15) is 0 Å². The van der Waals surface area contributed by atoms with E-state index in [1.54, 1.807) is 0 Å². The largest absolute Gasteiger partial charge is 0.477 e. The molecule has 0 spiro atoms. The molecule has 27 heteroatoms. The molecule has 0 aromatic carbocycles. The molecule has 2 amide bonds. The number of nitrogens with two attached hydrogens (primary N) is 1. The number of carboxylic acid groups (broad SMARTS) is 1. The summed E-state index contributed by atoms with van der Waals surface area (Å²) in [5.74, 6) is -6.53. The third-order valence-electron chi connectivity index (χ3n) is 11.1. The van der Waals surface area contributed by atoms with E-state index in [-0.39, 0.29) is 6.61 Å². The Morgan fingerprint density at radius 2 is 1.29 bits per heavy atom. The van der Waals surface area contributed by atoms with Crippen molar-refractivity contribution in [2.75, 3.05) is 39.6 Å². The van der Waals surface area contributed by atoms with Gasteiger partial charge < -0.3 is 121 Å². The molecule has 0 aliphatic carbocycles. The summed E-state index contributed by atoms with van der Waals surface area (Å²) < 4.78 is 46.1. The predicted octanol–water partition coefficient (Wildman–Crippen LogP) is -9.10. The van der Waals surface area contributed by atoms with E-state index < -0.39 is 179 Å². The molecule has 27 nitrogen and oxygen atoms in total. The summed E-state index contributed by atoms with van der Waals surface area (Å²) in [6, 6.07) is -3.32. The molecule has 4 heterocycles. The van der Waals surface area contributed by atoms with Gasteiger partial charge in [-0.15, -0.1) is 0 Å². The van der Waals surface area contributed by atoms with Gasteiger partial charge in [-0.1, -0.05) is 0 Å². The molecule has 4 saturated heterocycles. The molecule has 0 aromatic rings. The summed E-state index contributed by atoms with van der Waals surface area (Å²) in [4.78, 5) is 37.6. The van der Waals surface area contributed by atoms with Gasteiger partial charge in [0.05, 0.1) is 38.6 Å². The fourth-order valence-corrected chi connectivity index (χ4v) is 7.68. The molecule has 4 rings (SSSR count). The zero-order valence-electron chi connectivity index (χ0n) is 34.5. The number of rotatable bonds is 21. The number of aliphatic carboxylic acids is 1. The van der Waals surface area contributed by atoms with E-state index in [0.29, 0.717) is 25.8 Å². The van der Waals surface area contributed by atoms with E-state index >= 15 is 0 Å². The Kier molecular flexibility index (Phi) is 20.1. The summed E-state index contributed by atoms with van der Waals surface area (Å²) in [6.07, 6.45) is -33.1. The number of carbonyl (C=O) groups is 3. The lowest BCUT2D eigenvalue weighted by atomic mass is 9.88. The standard InChI is InChI=1S/C36H63N3O24/c1-13(43)38-20-15(45)8-36(35(54)55,63-30(20)22(47)16(46)9-40)57-12-19-25(50)29(61-34-27(52)26(51)23(48)17(10-41)59-34)21(39-14(2)44)32(60-19)62-31-24(49)18(11-42)58-33(28(31)53)56-7-5-3-4-6-37/h15-34,40-42,45-53H,3-12,37H2,1-2H3,(H,38,43)(H,39,44)(H,54,55)/t15-,16-,17?,18?,19?,20-,21+,22-,23+,24+,25-,26?,27+,28+,29?,30?,31?,32+,33-,34+,36-/m1/s1. The van der Waals surface area contributed by atoms with E-state index in [1.807, 2.05) is 0 Å². The van der Waals surface area contributed by atoms with Crippen molar-refractivity contribution in [1.82, 2.24) is 10.6 Å². The van der Waals surface area contributed by atoms with Crippen molar-refractivity contribution in [2.45, 2.75) is 168 Å². The highest BCUT2D eigenvalue weighted by molar-refractivity contribution is 5.76. The number of aliphatic hydroxyl groups excluding tert-OH is 12. The van der Waals surface area contributed by atoms with Crippen LogP contribution in [-0.4, -0.2) is 252 Å². The van der Waals surface area contributed by atoms with Crippen LogP contribution in [0.15, 0.2) is 0 Å². The second kappa shape index (κ2) is 23.8. The first kappa shape index (κ1) is 53.2. The molecule has 4 aliphatic rings. The number of hydrogen-bond donors (Lipinski definition) is 16. The highest BCUT2D eigenvalue weighted by Gasteiger charge is 2.58. The Labute approximate surface area is 360 Å². The Hall–Kier alpha value is -2.43. The van der Waals surface area contributed by atoms with E-state index in [0.717, 1.165) is 13.8 Å². The summed E-state index contributed by atoms with van der Waals surface area (Å²) in [7, 11) is 0. The minimum absolute atomic E-state index is 0.0300. The van der Waals surface area contributed by atoms with Gasteiger partial charge >= 0.3 is 5.97 Å². The van der Waals surface area contributed by atoms with Crippen molar-refractivity contribution < 1.29 is 119 Å². The SMILES string of the molecule is CC(=O)N[C@H]1C(O[C@@H]2OC(CO)[C@H](O)C(O)[C@@H]2O)[C@H](O)C(CO[C@]2(C(=O)O)C[C@@H](O)[C@@H](NC(C)=O)C([C@H](O)[C@H](O)CO)O2)O[C@H]1OC1[C@@H](O)C(CO)O[C@@H](OCCCCCN)[C@H]1O. The molecule has 0 radical (unpaired) electrons. The number of ether oxygens (including phenoxy) is 8. The quantitative estimate of drug-likeness (QED) is 0.0475. The van der Waals surface area contributed by atoms with Gasteiger partial charge in [0.25, 0.3) is 5.79 Å². The Morgan fingerprint density at radius 3 is 1.87 bits per heavy atom. The van der Waals surface area contributed by atoms with Crippen molar-refractivity contribution >= 4 is 17.8 Å². The van der Waals surface area contributed by atoms with Crippen LogP contribution in [0.2, 0.25) is 0 Å². The van der Waals surface area contributed by atoms with Crippen molar-refractivity contribution in [1.29, 1.82) is 0 Å². The van der Waals surface area contributed by atoms with Gasteiger partial charge in [0.1, 0.15) is 91.5 Å². The fourth-order valence-electron chi connectivity index (χ4n) is 7.68. The number of hydrogen-bond acceptors (Lipinski definition) is 24. The number of amides is 2. The second-order valence-corrected chi connectivity index (χ2v) is 15.8. The molecule has 4 fully saturated rings. The highest BCUT2D eigenvalue weighted by Crippen LogP contribution is 2.37. The highest BCUT2D eigenvalue weighted by atomic mass is 16.8. The van der Waals surface area contributed by atoms with Crippen LogP contribution in [0, 0.1) is 0 Å². The van der Waals surface area contributed by atoms with Gasteiger partial charge in [0.15, 0.2) is 18.9 Å². The van der Waals surface area contributed by atoms with Crippen molar-refractivity contribution in [3.05, 3.63) is 0 Å². The minimum atomic E-state index is -2.98. The van der Waals surface area contributed by atoms with Gasteiger partial charge in [-0.3, -0.25) is 9.59 Å². The fraction of sp³-hybridized carbons (Fsp3) is 0.917. The topological polar surface area (TPSA) is 438 Å². The zero-order chi connectivity index (χ0) is 46.9. The van der Waals surface area contributed by atoms with Crippen LogP contribution >= 0.6 is 0 Å². The molecule has 21 atom stereocenters. The van der Waals surface area contributed by atoms with Crippen LogP contribution in [0.4, 0.5) is 0 Å². The molecule has 7 unspecified atom stereocenters. The van der Waals surface area contributed by atoms with Crippen LogP contribution in [0.3, 0.4) is 0 Å². The second-order valence-electron chi connectivity index (χ2n) is 15.8. The van der Waals surface area contributed by atoms with E-state index in [9.17, 15) is 80.8 Å². The number of nitrogens with one attached hydrogen (secondary N) is 2. The Bertz CT molecular complexity index is 1460. The maximum absolute atomic E-state index is 12.9. The molecule has 366 valence electrons. The average Bonchev–Trinajstić information content (AvgIpc) is 3.24. The monoisotopic (exact) mass is 921 g/mol. The van der Waals surface area contributed by atoms with Crippen molar-refractivity contribution in [3.8, 4) is 0 Å². The molecular formula is C36H63N3O24. The number of carboxylic acids is 1. The van der Waals surface area contributed by atoms with Crippen LogP contribution in [-0.2, 0) is 52.3 Å². The van der Waals surface area contributed by atoms with Crippen molar-refractivity contribution in [3.63, 3.8) is 0 Å². The van der Waals surface area contributed by atoms with Crippen LogP contribution in [0.1, 0.15) is 39.5 Å². The first-order valence-electron chi connectivity index (χ1n) is 20.4. The van der Waals surface area contributed by atoms with E-state index in [4.69, 9.17) is 43.6 Å². The summed E-state index contributed by atoms with van der Waals surface area (Å²) in [6.45, 7) is -1.39. The zero-order valence-corrected chi connectivity index (χ0v) is 34.5. The molecule has 17 N–H and O–H groups in total. The summed E-state index contributed by atoms with van der Waals surface area (Å²) >= 11 is 0. The lowest BCUT2D eigenvalue weighted by Gasteiger charge is -2.50. The van der Waals surface area contributed by atoms with Crippen LogP contribution in [0.25, 0.3) is 0 Å². The minimum Gasteiger partial charge on any atom is -0.477 e. The average molecular weight is 922 g/mol. The number of carbonyl (C=O) groups excluding carboxylic acids is 2. The third kappa shape index (κ3) is 12.7. The lowest BCUT2D eigenvalue weighted by Crippen LogP contribution is -2.70. The van der Waals surface area contributed by atoms with Crippen LogP contribution in [0.5, 0.6) is 0 Å². The summed E-state index contributed by atoms with van der Waals surface area (Å²) in [5.41, 5.74) is 5.54. The first-order valence-corrected chi connectivity index (χ1v) is 20.4. The van der Waals surface area contributed by atoms with E-state index in [2.05, 4.69) is 10.6 Å². The van der Waals surface area contributed by atoms with Gasteiger partial charge in [-0.25, -0.2) is 4.79 Å². The lowest BCUT2D eigenvalue weighted by molar-refractivity contribution is -0.372. The maximum atomic E-state index is 12.9. The Balaban J connectivity index is 1.73. The number of unbranched alkanes of at least 4 members (excludes halogenated alkanes) is 2. The first-order chi connectivity index (χ1) is 29.7. The van der Waals surface area contributed by atoms with Crippen LogP contribution < -0.4 is 16.4 Å². The van der Waals surface area contributed by atoms with Gasteiger partial charge in [-0.05, 0) is 25.8 Å². The molecule has 63 heavy (non-hydrogen) atoms. The third-order valence-corrected chi connectivity index (χ3v) is 11.1.